The number of hydrogen-bond acceptors (Lipinski definition) is 5. The first-order chi connectivity index (χ1) is 14.6. The molecule has 1 fully saturated rings. The van der Waals surface area contributed by atoms with Crippen LogP contribution in [0.4, 0.5) is 19.4 Å². The third-order valence-corrected chi connectivity index (χ3v) is 5.69. The molecule has 0 saturated carbocycles. The minimum Gasteiger partial charge on any atom is -0.444 e. The van der Waals surface area contributed by atoms with Crippen molar-refractivity contribution < 1.29 is 18.3 Å². The molecule has 1 amide bonds. The van der Waals surface area contributed by atoms with Crippen LogP contribution in [-0.2, 0) is 4.74 Å². The van der Waals surface area contributed by atoms with Gasteiger partial charge in [0.05, 0.1) is 11.1 Å². The molecule has 164 valence electrons. The third-order valence-electron chi connectivity index (χ3n) is 4.87. The summed E-state index contributed by atoms with van der Waals surface area (Å²) in [5, 5.41) is 0.804. The molecule has 1 saturated heterocycles. The zero-order chi connectivity index (χ0) is 22.3. The Morgan fingerprint density at radius 3 is 2.32 bits per heavy atom. The quantitative estimate of drug-likeness (QED) is 0.452. The highest BCUT2D eigenvalue weighted by atomic mass is 127. The summed E-state index contributed by atoms with van der Waals surface area (Å²) < 4.78 is 35.5. The van der Waals surface area contributed by atoms with E-state index < -0.39 is 17.2 Å². The molecule has 1 aliphatic rings. The van der Waals surface area contributed by atoms with E-state index in [1.54, 1.807) is 15.7 Å². The second kappa shape index (κ2) is 8.21. The van der Waals surface area contributed by atoms with Crippen LogP contribution in [-0.4, -0.2) is 57.3 Å². The molecule has 7 nitrogen and oxygen atoms in total. The lowest BCUT2D eigenvalue weighted by molar-refractivity contribution is 0.0240. The van der Waals surface area contributed by atoms with Gasteiger partial charge in [-0.25, -0.2) is 23.5 Å². The minimum atomic E-state index is -0.653. The number of rotatable bonds is 2. The number of carbonyl (C=O) groups is 1. The molecule has 10 heteroatoms. The minimum absolute atomic E-state index is 0.325. The van der Waals surface area contributed by atoms with Crippen molar-refractivity contribution in [3.8, 4) is 5.69 Å². The first kappa shape index (κ1) is 21.7. The predicted octanol–water partition coefficient (Wildman–Crippen LogP) is 4.36. The Hall–Kier alpha value is -2.50. The van der Waals surface area contributed by atoms with Gasteiger partial charge in [0.25, 0.3) is 0 Å². The number of piperazine rings is 1. The van der Waals surface area contributed by atoms with Gasteiger partial charge in [0.2, 0.25) is 0 Å². The average molecular weight is 541 g/mol. The topological polar surface area (TPSA) is 63.5 Å². The lowest BCUT2D eigenvalue weighted by Gasteiger charge is -2.36. The fourth-order valence-corrected chi connectivity index (χ4v) is 4.31. The zero-order valence-corrected chi connectivity index (χ0v) is 19.6. The van der Waals surface area contributed by atoms with E-state index in [1.165, 1.54) is 18.5 Å². The van der Waals surface area contributed by atoms with Gasteiger partial charge >= 0.3 is 6.09 Å². The second-order valence-corrected chi connectivity index (χ2v) is 9.49. The molecule has 0 spiro atoms. The second-order valence-electron chi connectivity index (χ2n) is 8.33. The van der Waals surface area contributed by atoms with Gasteiger partial charge in [-0.3, -0.25) is 4.57 Å². The van der Waals surface area contributed by atoms with Crippen molar-refractivity contribution in [3.63, 3.8) is 0 Å². The van der Waals surface area contributed by atoms with Crippen LogP contribution >= 0.6 is 22.6 Å². The Balaban J connectivity index is 1.62. The van der Waals surface area contributed by atoms with Crippen LogP contribution in [0.2, 0.25) is 0 Å². The fourth-order valence-electron chi connectivity index (χ4n) is 3.54. The Morgan fingerprint density at radius 2 is 1.71 bits per heavy atom. The average Bonchev–Trinajstić information content (AvgIpc) is 3.03. The van der Waals surface area contributed by atoms with Gasteiger partial charge in [0, 0.05) is 42.0 Å². The van der Waals surface area contributed by atoms with Crippen LogP contribution in [0, 0.1) is 15.2 Å². The summed E-state index contributed by atoms with van der Waals surface area (Å²) in [5.41, 5.74) is 0.376. The number of nitrogens with zero attached hydrogens (tertiary/aromatic N) is 5. The summed E-state index contributed by atoms with van der Waals surface area (Å²) in [6.07, 6.45) is 2.91. The fraction of sp³-hybridized carbons (Fsp3) is 0.381. The van der Waals surface area contributed by atoms with E-state index in [0.717, 1.165) is 20.8 Å². The predicted molar refractivity (Wildman–Crippen MR) is 122 cm³/mol. The normalized spacial score (nSPS) is 14.9. The number of anilines is 1. The maximum absolute atomic E-state index is 13.8. The highest BCUT2D eigenvalue weighted by molar-refractivity contribution is 14.1. The van der Waals surface area contributed by atoms with E-state index in [9.17, 15) is 13.6 Å². The molecule has 0 bridgehead atoms. The highest BCUT2D eigenvalue weighted by Gasteiger charge is 2.28. The van der Waals surface area contributed by atoms with E-state index in [0.29, 0.717) is 37.5 Å². The monoisotopic (exact) mass is 541 g/mol. The standard InChI is InChI=1S/C21H22F2IN5O2/c1-21(2,3)31-20(30)28-6-4-27(5-7-28)18-17-16(24)11-29(19(17)26-12-25-18)15-9-13(22)8-14(23)10-15/h8-12H,4-7H2,1-3H3. The summed E-state index contributed by atoms with van der Waals surface area (Å²) in [5.74, 6) is -0.576. The first-order valence-corrected chi connectivity index (χ1v) is 10.9. The molecular weight excluding hydrogens is 519 g/mol. The van der Waals surface area contributed by atoms with E-state index in [-0.39, 0.29) is 6.09 Å². The molecule has 1 aliphatic heterocycles. The number of halogens is 3. The number of amides is 1. The smallest absolute Gasteiger partial charge is 0.410 e. The Morgan fingerprint density at radius 1 is 1.06 bits per heavy atom. The van der Waals surface area contributed by atoms with Crippen molar-refractivity contribution in [2.24, 2.45) is 0 Å². The Bertz CT molecular complexity index is 1120. The molecule has 0 radical (unpaired) electrons. The van der Waals surface area contributed by atoms with Gasteiger partial charge in [0.1, 0.15) is 29.4 Å². The highest BCUT2D eigenvalue weighted by Crippen LogP contribution is 2.32. The number of fused-ring (bicyclic) bond motifs is 1. The van der Waals surface area contributed by atoms with Gasteiger partial charge in [-0.15, -0.1) is 0 Å². The summed E-state index contributed by atoms with van der Waals surface area (Å²) in [4.78, 5) is 24.9. The molecule has 3 aromatic rings. The van der Waals surface area contributed by atoms with Crippen LogP contribution in [0.15, 0.2) is 30.7 Å². The van der Waals surface area contributed by atoms with E-state index in [2.05, 4.69) is 37.5 Å². The van der Waals surface area contributed by atoms with Crippen LogP contribution in [0.1, 0.15) is 20.8 Å². The van der Waals surface area contributed by atoms with Crippen molar-refractivity contribution in [3.05, 3.63) is 45.9 Å². The van der Waals surface area contributed by atoms with Gasteiger partial charge in [-0.2, -0.15) is 0 Å². The number of aromatic nitrogens is 3. The molecule has 2 aromatic heterocycles. The van der Waals surface area contributed by atoms with Crippen molar-refractivity contribution in [1.82, 2.24) is 19.4 Å². The molecule has 0 atom stereocenters. The Kier molecular flexibility index (Phi) is 5.75. The van der Waals surface area contributed by atoms with Crippen molar-refractivity contribution in [2.45, 2.75) is 26.4 Å². The van der Waals surface area contributed by atoms with Gasteiger partial charge in [-0.1, -0.05) is 0 Å². The van der Waals surface area contributed by atoms with Crippen molar-refractivity contribution in [1.29, 1.82) is 0 Å². The summed E-state index contributed by atoms with van der Waals surface area (Å²) >= 11 is 2.17. The van der Waals surface area contributed by atoms with Crippen molar-refractivity contribution >= 4 is 45.5 Å². The van der Waals surface area contributed by atoms with E-state index >= 15 is 0 Å². The molecule has 31 heavy (non-hydrogen) atoms. The molecule has 0 aliphatic carbocycles. The summed E-state index contributed by atoms with van der Waals surface area (Å²) in [6, 6.07) is 3.37. The SMILES string of the molecule is CC(C)(C)OC(=O)N1CCN(c2ncnc3c2c(I)cn3-c2cc(F)cc(F)c2)CC1. The van der Waals surface area contributed by atoms with Crippen LogP contribution in [0.3, 0.4) is 0 Å². The van der Waals surface area contributed by atoms with Gasteiger partial charge in [0.15, 0.2) is 5.65 Å². The summed E-state index contributed by atoms with van der Waals surface area (Å²) in [7, 11) is 0. The molecule has 3 heterocycles. The van der Waals surface area contributed by atoms with Gasteiger partial charge in [-0.05, 0) is 55.5 Å². The van der Waals surface area contributed by atoms with E-state index in [1.807, 2.05) is 20.8 Å². The number of carbonyl (C=O) groups excluding carboxylic acids is 1. The first-order valence-electron chi connectivity index (χ1n) is 9.83. The zero-order valence-electron chi connectivity index (χ0n) is 17.4. The number of ether oxygens (including phenoxy) is 1. The molecule has 4 rings (SSSR count). The third kappa shape index (κ3) is 4.58. The lowest BCUT2D eigenvalue weighted by Crippen LogP contribution is -2.50. The molecule has 0 N–H and O–H groups in total. The summed E-state index contributed by atoms with van der Waals surface area (Å²) in [6.45, 7) is 7.71. The maximum atomic E-state index is 13.8. The Labute approximate surface area is 192 Å². The van der Waals surface area contributed by atoms with Gasteiger partial charge < -0.3 is 14.5 Å². The number of hydrogen-bond donors (Lipinski definition) is 0. The van der Waals surface area contributed by atoms with E-state index in [4.69, 9.17) is 4.74 Å². The van der Waals surface area contributed by atoms with Crippen LogP contribution in [0.5, 0.6) is 0 Å². The number of benzene rings is 1. The lowest BCUT2D eigenvalue weighted by atomic mass is 10.2. The van der Waals surface area contributed by atoms with Crippen molar-refractivity contribution in [2.75, 3.05) is 31.1 Å². The molecular formula is C21H22F2IN5O2. The molecule has 1 aromatic carbocycles. The molecule has 0 unspecified atom stereocenters. The maximum Gasteiger partial charge on any atom is 0.410 e. The largest absolute Gasteiger partial charge is 0.444 e. The van der Waals surface area contributed by atoms with Crippen LogP contribution < -0.4 is 4.90 Å². The van der Waals surface area contributed by atoms with Crippen LogP contribution in [0.25, 0.3) is 16.7 Å².